The molecule has 3 N–H and O–H groups in total. The second-order valence-electron chi connectivity index (χ2n) is 7.01. The number of hydrogen-bond acceptors (Lipinski definition) is 8. The van der Waals surface area contributed by atoms with Crippen LogP contribution in [0.3, 0.4) is 0 Å². The number of methoxy groups -OCH3 is 1. The molecule has 0 fully saturated rings. The van der Waals surface area contributed by atoms with Gasteiger partial charge >= 0.3 is 0 Å². The van der Waals surface area contributed by atoms with Gasteiger partial charge in [0.15, 0.2) is 16.7 Å². The van der Waals surface area contributed by atoms with Gasteiger partial charge in [-0.1, -0.05) is 18.2 Å². The van der Waals surface area contributed by atoms with Gasteiger partial charge < -0.3 is 19.7 Å². The number of hydrogen-bond donors (Lipinski definition) is 3. The van der Waals surface area contributed by atoms with Gasteiger partial charge in [0.1, 0.15) is 5.75 Å². The molecule has 166 valence electrons. The highest BCUT2D eigenvalue weighted by atomic mass is 32.2. The van der Waals surface area contributed by atoms with Crippen molar-refractivity contribution in [2.45, 2.75) is 11.4 Å². The number of rotatable bonds is 8. The zero-order chi connectivity index (χ0) is 22.7. The summed E-state index contributed by atoms with van der Waals surface area (Å²) in [5, 5.41) is 12.4. The first-order valence-electron chi connectivity index (χ1n) is 9.72. The molecule has 0 spiro atoms. The lowest BCUT2D eigenvalue weighted by atomic mass is 10.1. The Labute approximate surface area is 185 Å². The predicted octanol–water partition coefficient (Wildman–Crippen LogP) is 2.45. The highest BCUT2D eigenvalue weighted by Gasteiger charge is 2.21. The number of imidazole rings is 1. The van der Waals surface area contributed by atoms with E-state index < -0.39 is 10.0 Å². The van der Waals surface area contributed by atoms with E-state index in [1.54, 1.807) is 44.5 Å². The second-order valence-corrected chi connectivity index (χ2v) is 8.64. The van der Waals surface area contributed by atoms with Gasteiger partial charge in [0.2, 0.25) is 0 Å². The Kier molecular flexibility index (Phi) is 5.93. The van der Waals surface area contributed by atoms with Gasteiger partial charge in [-0.3, -0.25) is 4.72 Å². The fraction of sp³-hybridized carbons (Fsp3) is 0.190. The molecule has 0 radical (unpaired) electrons. The molecule has 11 heteroatoms. The summed E-state index contributed by atoms with van der Waals surface area (Å²) in [4.78, 5) is 13.0. The second kappa shape index (κ2) is 8.81. The Morgan fingerprint density at radius 2 is 1.81 bits per heavy atom. The molecular formula is C21H22N6O4S. The van der Waals surface area contributed by atoms with E-state index in [-0.39, 0.29) is 23.3 Å². The van der Waals surface area contributed by atoms with Crippen molar-refractivity contribution in [3.05, 3.63) is 60.6 Å². The molecule has 10 nitrogen and oxygen atoms in total. The lowest BCUT2D eigenvalue weighted by Crippen LogP contribution is -2.16. The van der Waals surface area contributed by atoms with Crippen LogP contribution in [0.15, 0.2) is 60.0 Å². The summed E-state index contributed by atoms with van der Waals surface area (Å²) in [7, 11) is -0.769. The molecule has 2 aromatic heterocycles. The summed E-state index contributed by atoms with van der Waals surface area (Å²) < 4.78 is 35.1. The molecule has 2 heterocycles. The Morgan fingerprint density at radius 1 is 1.09 bits per heavy atom. The number of aliphatic hydroxyl groups excluding tert-OH is 1. The van der Waals surface area contributed by atoms with Gasteiger partial charge in [0.05, 0.1) is 24.5 Å². The number of benzene rings is 2. The third kappa shape index (κ3) is 4.48. The number of aryl methyl sites for hydroxylation is 1. The van der Waals surface area contributed by atoms with Crippen LogP contribution in [0, 0.1) is 0 Å². The Morgan fingerprint density at radius 3 is 2.44 bits per heavy atom. The lowest BCUT2D eigenvalue weighted by Gasteiger charge is -2.16. The van der Waals surface area contributed by atoms with E-state index in [1.165, 1.54) is 17.1 Å². The van der Waals surface area contributed by atoms with Crippen molar-refractivity contribution >= 4 is 38.4 Å². The average Bonchev–Trinajstić information content (AvgIpc) is 3.22. The minimum absolute atomic E-state index is 0.0205. The van der Waals surface area contributed by atoms with Gasteiger partial charge in [0.25, 0.3) is 10.0 Å². The number of nitrogens with one attached hydrogen (secondary N) is 2. The Hall–Kier alpha value is -3.70. The third-order valence-electron chi connectivity index (χ3n) is 4.71. The van der Waals surface area contributed by atoms with Crippen molar-refractivity contribution in [1.82, 2.24) is 19.5 Å². The van der Waals surface area contributed by atoms with Crippen molar-refractivity contribution in [3.63, 3.8) is 0 Å². The number of nitrogens with zero attached hydrogens (tertiary/aromatic N) is 4. The van der Waals surface area contributed by atoms with E-state index in [4.69, 9.17) is 4.74 Å². The van der Waals surface area contributed by atoms with Crippen LogP contribution < -0.4 is 14.8 Å². The maximum Gasteiger partial charge on any atom is 0.282 e. The summed E-state index contributed by atoms with van der Waals surface area (Å²) in [5.41, 5.74) is 2.53. The van der Waals surface area contributed by atoms with Gasteiger partial charge in [0, 0.05) is 31.6 Å². The van der Waals surface area contributed by atoms with Gasteiger partial charge in [-0.15, -0.1) is 0 Å². The molecule has 2 aromatic carbocycles. The fourth-order valence-corrected chi connectivity index (χ4v) is 4.12. The smallest absolute Gasteiger partial charge is 0.282 e. The average molecular weight is 455 g/mol. The van der Waals surface area contributed by atoms with E-state index in [2.05, 4.69) is 25.0 Å². The first-order valence-corrected chi connectivity index (χ1v) is 11.2. The van der Waals surface area contributed by atoms with E-state index in [0.29, 0.717) is 28.9 Å². The standard InChI is InChI=1S/C21H22N6O4S/c1-27-12-19(22-13-27)32(29,30)26-21-20(23-16-5-3-4-6-17(16)24-21)25-18-11-15(31-2)8-7-14(18)9-10-28/h3-8,11-13,28H,9-10H2,1-2H3,(H,23,25)(H,24,26). The maximum atomic E-state index is 12.9. The largest absolute Gasteiger partial charge is 0.497 e. The zero-order valence-electron chi connectivity index (χ0n) is 17.5. The molecule has 0 saturated heterocycles. The van der Waals surface area contributed by atoms with Crippen LogP contribution in [-0.2, 0) is 23.5 Å². The highest BCUT2D eigenvalue weighted by molar-refractivity contribution is 7.92. The summed E-state index contributed by atoms with van der Waals surface area (Å²) in [6, 6.07) is 12.5. The van der Waals surface area contributed by atoms with Gasteiger partial charge in [-0.05, 0) is 30.2 Å². The number of fused-ring (bicyclic) bond motifs is 1. The van der Waals surface area contributed by atoms with E-state index in [0.717, 1.165) is 5.56 Å². The Balaban J connectivity index is 1.80. The first-order chi connectivity index (χ1) is 15.4. The molecule has 0 amide bonds. The van der Waals surface area contributed by atoms with Gasteiger partial charge in [-0.2, -0.15) is 8.42 Å². The predicted molar refractivity (Wildman–Crippen MR) is 121 cm³/mol. The number of aliphatic hydroxyl groups is 1. The van der Waals surface area contributed by atoms with E-state index in [9.17, 15) is 13.5 Å². The number of sulfonamides is 1. The fourth-order valence-electron chi connectivity index (χ4n) is 3.13. The first kappa shape index (κ1) is 21.5. The van der Waals surface area contributed by atoms with Crippen molar-refractivity contribution in [2.75, 3.05) is 23.8 Å². The van der Waals surface area contributed by atoms with Gasteiger partial charge in [-0.25, -0.2) is 15.0 Å². The van der Waals surface area contributed by atoms with Crippen LogP contribution in [0.1, 0.15) is 5.56 Å². The molecule has 0 aliphatic heterocycles. The Bertz CT molecular complexity index is 1370. The number of anilines is 3. The number of ether oxygens (including phenoxy) is 1. The quantitative estimate of drug-likeness (QED) is 0.370. The maximum absolute atomic E-state index is 12.9. The molecule has 4 rings (SSSR count). The molecule has 4 aromatic rings. The molecule has 32 heavy (non-hydrogen) atoms. The van der Waals surface area contributed by atoms with Crippen molar-refractivity contribution < 1.29 is 18.3 Å². The molecule has 0 atom stereocenters. The summed E-state index contributed by atoms with van der Waals surface area (Å²) in [5.74, 6) is 0.821. The van der Waals surface area contributed by atoms with Crippen LogP contribution in [0.2, 0.25) is 0 Å². The molecule has 0 unspecified atom stereocenters. The normalized spacial score (nSPS) is 11.5. The van der Waals surface area contributed by atoms with E-state index >= 15 is 0 Å². The van der Waals surface area contributed by atoms with Crippen LogP contribution in [0.25, 0.3) is 11.0 Å². The van der Waals surface area contributed by atoms with Crippen LogP contribution in [-0.4, -0.2) is 46.8 Å². The monoisotopic (exact) mass is 454 g/mol. The van der Waals surface area contributed by atoms with Crippen LogP contribution in [0.4, 0.5) is 17.3 Å². The van der Waals surface area contributed by atoms with Crippen molar-refractivity contribution in [1.29, 1.82) is 0 Å². The molecule has 0 bridgehead atoms. The molecule has 0 aliphatic rings. The molecular weight excluding hydrogens is 432 g/mol. The molecule has 0 aliphatic carbocycles. The van der Waals surface area contributed by atoms with Crippen molar-refractivity contribution in [2.24, 2.45) is 7.05 Å². The minimum atomic E-state index is -4.00. The minimum Gasteiger partial charge on any atom is -0.497 e. The summed E-state index contributed by atoms with van der Waals surface area (Å²) in [6.07, 6.45) is 3.19. The zero-order valence-corrected chi connectivity index (χ0v) is 18.3. The third-order valence-corrected chi connectivity index (χ3v) is 5.93. The SMILES string of the molecule is COc1ccc(CCO)c(Nc2nc3ccccc3nc2NS(=O)(=O)c2cn(C)cn2)c1. The van der Waals surface area contributed by atoms with Crippen LogP contribution in [0.5, 0.6) is 5.75 Å². The number of para-hydroxylation sites is 2. The van der Waals surface area contributed by atoms with Crippen LogP contribution >= 0.6 is 0 Å². The van der Waals surface area contributed by atoms with E-state index in [1.807, 2.05) is 12.1 Å². The lowest BCUT2D eigenvalue weighted by molar-refractivity contribution is 0.299. The summed E-state index contributed by atoms with van der Waals surface area (Å²) in [6.45, 7) is -0.0520. The molecule has 0 saturated carbocycles. The van der Waals surface area contributed by atoms with Crippen molar-refractivity contribution in [3.8, 4) is 5.75 Å². The summed E-state index contributed by atoms with van der Waals surface area (Å²) >= 11 is 0. The topological polar surface area (TPSA) is 131 Å². The number of aromatic nitrogens is 4. The highest BCUT2D eigenvalue weighted by Crippen LogP contribution is 2.30.